The molecule has 0 radical (unpaired) electrons. The largest absolute Gasteiger partial charge is 0.352 e. The summed E-state index contributed by atoms with van der Waals surface area (Å²) < 4.78 is 1.62. The quantitative estimate of drug-likeness (QED) is 0.316. The number of carbonyl (C=O) groups excluding carboxylic acids is 1. The number of aromatic nitrogens is 3. The van der Waals surface area contributed by atoms with Gasteiger partial charge in [-0.25, -0.2) is 4.98 Å². The highest BCUT2D eigenvalue weighted by Gasteiger charge is 2.21. The molecule has 2 heterocycles. The van der Waals surface area contributed by atoms with Crippen LogP contribution in [0, 0.1) is 30.9 Å². The Hall–Kier alpha value is -3.07. The van der Waals surface area contributed by atoms with Gasteiger partial charge in [0.1, 0.15) is 11.4 Å². The monoisotopic (exact) mass is 427 g/mol. The van der Waals surface area contributed by atoms with Gasteiger partial charge in [-0.15, -0.1) is 11.3 Å². The Kier molecular flexibility index (Phi) is 6.94. The summed E-state index contributed by atoms with van der Waals surface area (Å²) in [5.41, 5.74) is 3.55. The molecule has 0 aliphatic rings. The number of nitro groups is 1. The fourth-order valence-electron chi connectivity index (χ4n) is 3.26. The van der Waals surface area contributed by atoms with E-state index in [0.717, 1.165) is 35.5 Å². The third-order valence-electron chi connectivity index (χ3n) is 4.84. The van der Waals surface area contributed by atoms with E-state index in [1.807, 2.05) is 19.1 Å². The standard InChI is InChI=1S/C21H25N5O3S/c1-14-13-30-19(23-14)6-4-5-11-22-21(27)18-9-7-17(8-10-18)12-25-16(3)20(26(28)29)15(2)24-25/h7-10,13H,4-6,11-12H2,1-3H3,(H,22,27). The normalized spacial score (nSPS) is 10.9. The molecule has 1 amide bonds. The van der Waals surface area contributed by atoms with Crippen LogP contribution < -0.4 is 5.32 Å². The van der Waals surface area contributed by atoms with Crippen LogP contribution in [0.5, 0.6) is 0 Å². The van der Waals surface area contributed by atoms with Crippen LogP contribution in [0.2, 0.25) is 0 Å². The molecule has 0 unspecified atom stereocenters. The number of carbonyl (C=O) groups is 1. The van der Waals surface area contributed by atoms with E-state index in [9.17, 15) is 14.9 Å². The molecule has 1 N–H and O–H groups in total. The van der Waals surface area contributed by atoms with Crippen molar-refractivity contribution in [2.45, 2.75) is 46.6 Å². The molecule has 1 aromatic carbocycles. The molecule has 3 aromatic rings. The van der Waals surface area contributed by atoms with E-state index in [4.69, 9.17) is 0 Å². The summed E-state index contributed by atoms with van der Waals surface area (Å²) in [5, 5.41) is 21.5. The first-order valence-electron chi connectivity index (χ1n) is 9.81. The Balaban J connectivity index is 1.48. The lowest BCUT2D eigenvalue weighted by Gasteiger charge is -2.07. The zero-order valence-corrected chi connectivity index (χ0v) is 18.2. The lowest BCUT2D eigenvalue weighted by atomic mass is 10.1. The molecule has 0 bridgehead atoms. The Morgan fingerprint density at radius 2 is 1.93 bits per heavy atom. The number of aryl methyl sites for hydroxylation is 3. The summed E-state index contributed by atoms with van der Waals surface area (Å²) in [6, 6.07) is 7.23. The zero-order valence-electron chi connectivity index (χ0n) is 17.3. The highest BCUT2D eigenvalue weighted by Crippen LogP contribution is 2.22. The van der Waals surface area contributed by atoms with Crippen molar-refractivity contribution in [1.29, 1.82) is 0 Å². The van der Waals surface area contributed by atoms with Gasteiger partial charge in [0.2, 0.25) is 0 Å². The Morgan fingerprint density at radius 3 is 2.53 bits per heavy atom. The van der Waals surface area contributed by atoms with Crippen LogP contribution in [-0.2, 0) is 13.0 Å². The minimum absolute atomic E-state index is 0.0518. The van der Waals surface area contributed by atoms with E-state index in [-0.39, 0.29) is 11.6 Å². The molecule has 9 heteroatoms. The van der Waals surface area contributed by atoms with Crippen LogP contribution in [0.1, 0.15) is 50.9 Å². The van der Waals surface area contributed by atoms with E-state index in [1.165, 1.54) is 0 Å². The first-order valence-corrected chi connectivity index (χ1v) is 10.7. The van der Waals surface area contributed by atoms with E-state index in [0.29, 0.717) is 30.0 Å². The molecule has 0 saturated heterocycles. The number of thiazole rings is 1. The van der Waals surface area contributed by atoms with Gasteiger partial charge in [0.25, 0.3) is 5.91 Å². The van der Waals surface area contributed by atoms with Crippen LogP contribution in [0.3, 0.4) is 0 Å². The number of rotatable bonds is 9. The van der Waals surface area contributed by atoms with Crippen LogP contribution in [0.25, 0.3) is 0 Å². The summed E-state index contributed by atoms with van der Waals surface area (Å²) in [5.74, 6) is -0.103. The third kappa shape index (κ3) is 5.29. The number of hydrogen-bond acceptors (Lipinski definition) is 6. The zero-order chi connectivity index (χ0) is 21.7. The number of unbranched alkanes of at least 4 members (excludes halogenated alkanes) is 1. The van der Waals surface area contributed by atoms with Gasteiger partial charge < -0.3 is 5.32 Å². The second kappa shape index (κ2) is 9.62. The lowest BCUT2D eigenvalue weighted by Crippen LogP contribution is -2.24. The molecule has 158 valence electrons. The molecule has 8 nitrogen and oxygen atoms in total. The highest BCUT2D eigenvalue weighted by molar-refractivity contribution is 7.09. The van der Waals surface area contributed by atoms with Crippen molar-refractivity contribution in [3.05, 3.63) is 73.0 Å². The van der Waals surface area contributed by atoms with E-state index >= 15 is 0 Å². The topological polar surface area (TPSA) is 103 Å². The molecule has 0 fully saturated rings. The first-order chi connectivity index (χ1) is 14.3. The average molecular weight is 428 g/mol. The number of benzene rings is 1. The lowest BCUT2D eigenvalue weighted by molar-refractivity contribution is -0.386. The first kappa shape index (κ1) is 21.6. The fourth-order valence-corrected chi connectivity index (χ4v) is 4.08. The van der Waals surface area contributed by atoms with Crippen molar-refractivity contribution in [2.24, 2.45) is 0 Å². The fraction of sp³-hybridized carbons (Fsp3) is 0.381. The number of hydrogen-bond donors (Lipinski definition) is 1. The van der Waals surface area contributed by atoms with Crippen LogP contribution in [0.4, 0.5) is 5.69 Å². The minimum Gasteiger partial charge on any atom is -0.352 e. The predicted molar refractivity (Wildman–Crippen MR) is 116 cm³/mol. The van der Waals surface area contributed by atoms with Crippen molar-refractivity contribution in [3.8, 4) is 0 Å². The van der Waals surface area contributed by atoms with E-state index in [2.05, 4.69) is 20.8 Å². The summed E-state index contributed by atoms with van der Waals surface area (Å²) in [7, 11) is 0. The van der Waals surface area contributed by atoms with Gasteiger partial charge in [-0.1, -0.05) is 12.1 Å². The molecule has 0 aliphatic heterocycles. The van der Waals surface area contributed by atoms with Gasteiger partial charge in [-0.05, 0) is 57.7 Å². The van der Waals surface area contributed by atoms with Gasteiger partial charge in [0, 0.05) is 23.2 Å². The maximum atomic E-state index is 12.3. The highest BCUT2D eigenvalue weighted by atomic mass is 32.1. The van der Waals surface area contributed by atoms with Crippen molar-refractivity contribution in [1.82, 2.24) is 20.1 Å². The molecule has 0 atom stereocenters. The van der Waals surface area contributed by atoms with Crippen molar-refractivity contribution in [3.63, 3.8) is 0 Å². The van der Waals surface area contributed by atoms with Gasteiger partial charge in [0.15, 0.2) is 0 Å². The maximum Gasteiger partial charge on any atom is 0.312 e. The van der Waals surface area contributed by atoms with Crippen LogP contribution in [0.15, 0.2) is 29.6 Å². The Labute approximate surface area is 179 Å². The SMILES string of the molecule is Cc1csc(CCCCNC(=O)c2ccc(Cn3nc(C)c([N+](=O)[O-])c3C)cc2)n1. The van der Waals surface area contributed by atoms with Crippen molar-refractivity contribution in [2.75, 3.05) is 6.54 Å². The van der Waals surface area contributed by atoms with Crippen LogP contribution >= 0.6 is 11.3 Å². The van der Waals surface area contributed by atoms with Crippen LogP contribution in [-0.4, -0.2) is 32.1 Å². The Bertz CT molecular complexity index is 1040. The molecule has 0 spiro atoms. The summed E-state index contributed by atoms with van der Waals surface area (Å²) in [6.07, 6.45) is 2.83. The summed E-state index contributed by atoms with van der Waals surface area (Å²) in [4.78, 5) is 27.5. The van der Waals surface area contributed by atoms with Gasteiger partial charge in [-0.3, -0.25) is 19.6 Å². The minimum atomic E-state index is -0.403. The molecule has 0 saturated carbocycles. The van der Waals surface area contributed by atoms with Crippen molar-refractivity contribution >= 4 is 22.9 Å². The van der Waals surface area contributed by atoms with Gasteiger partial charge in [0.05, 0.1) is 16.5 Å². The molecule has 30 heavy (non-hydrogen) atoms. The van der Waals surface area contributed by atoms with E-state index in [1.54, 1.807) is 42.0 Å². The number of nitrogens with zero attached hydrogens (tertiary/aromatic N) is 4. The number of nitrogens with one attached hydrogen (secondary N) is 1. The molecular formula is C21H25N5O3S. The van der Waals surface area contributed by atoms with Crippen molar-refractivity contribution < 1.29 is 9.72 Å². The number of amides is 1. The second-order valence-corrected chi connectivity index (χ2v) is 8.17. The average Bonchev–Trinajstić information content (AvgIpc) is 3.24. The summed E-state index contributed by atoms with van der Waals surface area (Å²) in [6.45, 7) is 6.36. The molecule has 2 aromatic heterocycles. The maximum absolute atomic E-state index is 12.3. The van der Waals surface area contributed by atoms with Gasteiger partial charge >= 0.3 is 5.69 Å². The van der Waals surface area contributed by atoms with E-state index < -0.39 is 4.92 Å². The predicted octanol–water partition coefficient (Wildman–Crippen LogP) is 3.97. The molecule has 0 aliphatic carbocycles. The smallest absolute Gasteiger partial charge is 0.312 e. The Morgan fingerprint density at radius 1 is 1.20 bits per heavy atom. The third-order valence-corrected chi connectivity index (χ3v) is 5.87. The molecular weight excluding hydrogens is 402 g/mol. The molecule has 3 rings (SSSR count). The van der Waals surface area contributed by atoms with Gasteiger partial charge in [-0.2, -0.15) is 5.10 Å². The second-order valence-electron chi connectivity index (χ2n) is 7.23. The summed E-state index contributed by atoms with van der Waals surface area (Å²) >= 11 is 1.68.